The van der Waals surface area contributed by atoms with Crippen molar-refractivity contribution in [2.75, 3.05) is 0 Å². The first-order chi connectivity index (χ1) is 9.97. The fraction of sp³-hybridized carbons (Fsp3) is 0.533. The summed E-state index contributed by atoms with van der Waals surface area (Å²) in [5, 5.41) is 11.8. The lowest BCUT2D eigenvalue weighted by Crippen LogP contribution is -2.36. The fourth-order valence-electron chi connectivity index (χ4n) is 2.40. The van der Waals surface area contributed by atoms with Gasteiger partial charge in [-0.15, -0.1) is 11.8 Å². The molecule has 5 nitrogen and oxygen atoms in total. The van der Waals surface area contributed by atoms with Gasteiger partial charge in [0.2, 0.25) is 5.78 Å². The van der Waals surface area contributed by atoms with Crippen LogP contribution in [0.4, 0.5) is 0 Å². The van der Waals surface area contributed by atoms with Gasteiger partial charge in [0.25, 0.3) is 0 Å². The van der Waals surface area contributed by atoms with Crippen molar-refractivity contribution in [3.63, 3.8) is 0 Å². The second kappa shape index (κ2) is 6.93. The van der Waals surface area contributed by atoms with Gasteiger partial charge in [-0.25, -0.2) is 0 Å². The molecular formula is C15H19NO4S. The predicted molar refractivity (Wildman–Crippen MR) is 80.9 cm³/mol. The quantitative estimate of drug-likeness (QED) is 0.756. The maximum Gasteiger partial charge on any atom is 0.325 e. The third-order valence-corrected chi connectivity index (χ3v) is 5.01. The van der Waals surface area contributed by atoms with E-state index in [4.69, 9.17) is 5.11 Å². The molecule has 2 aliphatic rings. The lowest BCUT2D eigenvalue weighted by molar-refractivity contribution is -0.138. The molecule has 0 saturated heterocycles. The molecule has 0 aromatic carbocycles. The van der Waals surface area contributed by atoms with E-state index in [0.717, 1.165) is 12.8 Å². The zero-order valence-electron chi connectivity index (χ0n) is 11.9. The Balaban J connectivity index is 2.00. The summed E-state index contributed by atoms with van der Waals surface area (Å²) in [5.41, 5.74) is 0.0582. The number of hydrogen-bond donors (Lipinski definition) is 2. The second-order valence-corrected chi connectivity index (χ2v) is 6.72. The SMILES string of the molecule is C[C@@H](NC1=CC(=O)C(SC2CCCCC2)=CC1=O)C(=O)O. The van der Waals surface area contributed by atoms with Gasteiger partial charge >= 0.3 is 5.97 Å². The second-order valence-electron chi connectivity index (χ2n) is 5.38. The molecule has 1 atom stereocenters. The Morgan fingerprint density at radius 1 is 1.24 bits per heavy atom. The highest BCUT2D eigenvalue weighted by molar-refractivity contribution is 8.04. The van der Waals surface area contributed by atoms with Crippen LogP contribution in [0.1, 0.15) is 39.0 Å². The maximum absolute atomic E-state index is 12.1. The van der Waals surface area contributed by atoms with Crippen LogP contribution >= 0.6 is 11.8 Å². The molecule has 0 radical (unpaired) electrons. The summed E-state index contributed by atoms with van der Waals surface area (Å²) >= 11 is 1.48. The van der Waals surface area contributed by atoms with E-state index in [1.54, 1.807) is 0 Å². The topological polar surface area (TPSA) is 83.5 Å². The van der Waals surface area contributed by atoms with Crippen LogP contribution in [-0.2, 0) is 14.4 Å². The highest BCUT2D eigenvalue weighted by Gasteiger charge is 2.25. The van der Waals surface area contributed by atoms with Crippen LogP contribution in [0.2, 0.25) is 0 Å². The summed E-state index contributed by atoms with van der Waals surface area (Å²) in [7, 11) is 0. The first kappa shape index (κ1) is 15.8. The molecule has 0 aromatic rings. The van der Waals surface area contributed by atoms with Gasteiger partial charge in [-0.3, -0.25) is 14.4 Å². The average molecular weight is 309 g/mol. The highest BCUT2D eigenvalue weighted by atomic mass is 32.2. The number of carbonyl (C=O) groups is 3. The van der Waals surface area contributed by atoms with Crippen molar-refractivity contribution in [2.24, 2.45) is 0 Å². The monoisotopic (exact) mass is 309 g/mol. The number of thioether (sulfide) groups is 1. The molecule has 21 heavy (non-hydrogen) atoms. The van der Waals surface area contributed by atoms with Crippen LogP contribution < -0.4 is 5.32 Å². The number of hydrogen-bond acceptors (Lipinski definition) is 5. The van der Waals surface area contributed by atoms with Gasteiger partial charge in [0.1, 0.15) is 6.04 Å². The predicted octanol–water partition coefficient (Wildman–Crippen LogP) is 2.03. The van der Waals surface area contributed by atoms with Crippen molar-refractivity contribution >= 4 is 29.3 Å². The molecule has 0 spiro atoms. The summed E-state index contributed by atoms with van der Waals surface area (Å²) in [6, 6.07) is -0.908. The van der Waals surface area contributed by atoms with Gasteiger partial charge in [-0.2, -0.15) is 0 Å². The number of nitrogens with one attached hydrogen (secondary N) is 1. The zero-order valence-corrected chi connectivity index (χ0v) is 12.7. The fourth-order valence-corrected chi connectivity index (χ4v) is 3.68. The molecule has 0 unspecified atom stereocenters. The molecule has 2 rings (SSSR count). The molecule has 0 amide bonds. The summed E-state index contributed by atoms with van der Waals surface area (Å²) < 4.78 is 0. The van der Waals surface area contributed by atoms with Crippen LogP contribution in [0.25, 0.3) is 0 Å². The van der Waals surface area contributed by atoms with E-state index in [0.29, 0.717) is 10.2 Å². The first-order valence-electron chi connectivity index (χ1n) is 7.15. The molecule has 1 saturated carbocycles. The zero-order chi connectivity index (χ0) is 15.4. The summed E-state index contributed by atoms with van der Waals surface area (Å²) in [4.78, 5) is 35.3. The molecule has 1 fully saturated rings. The lowest BCUT2D eigenvalue weighted by atomic mass is 10.0. The van der Waals surface area contributed by atoms with Crippen molar-refractivity contribution in [3.8, 4) is 0 Å². The number of allylic oxidation sites excluding steroid dienone is 3. The Morgan fingerprint density at radius 3 is 2.52 bits per heavy atom. The van der Waals surface area contributed by atoms with Crippen LogP contribution in [-0.4, -0.2) is 33.9 Å². The maximum atomic E-state index is 12.1. The molecule has 0 aromatic heterocycles. The van der Waals surface area contributed by atoms with Gasteiger partial charge in [-0.1, -0.05) is 19.3 Å². The van der Waals surface area contributed by atoms with Crippen LogP contribution in [0, 0.1) is 0 Å². The van der Waals surface area contributed by atoms with Crippen molar-refractivity contribution in [3.05, 3.63) is 22.8 Å². The number of carboxylic acid groups (broad SMARTS) is 1. The minimum atomic E-state index is -1.07. The average Bonchev–Trinajstić information content (AvgIpc) is 2.45. The summed E-state index contributed by atoms with van der Waals surface area (Å²) in [6.45, 7) is 1.43. The number of carboxylic acids is 1. The Labute approximate surface area is 127 Å². The molecular weight excluding hydrogens is 290 g/mol. The van der Waals surface area contributed by atoms with Gasteiger partial charge in [0.15, 0.2) is 5.78 Å². The standard InChI is InChI=1S/C15H19NO4S/c1-9(15(19)20)16-11-7-13(18)14(8-12(11)17)21-10-5-3-2-4-6-10/h7-10,16H,2-6H2,1H3,(H,19,20)/t9-/m1/s1. The Morgan fingerprint density at radius 2 is 1.90 bits per heavy atom. The number of aliphatic carboxylic acids is 1. The van der Waals surface area contributed by atoms with E-state index in [2.05, 4.69) is 5.32 Å². The van der Waals surface area contributed by atoms with E-state index in [1.807, 2.05) is 0 Å². The van der Waals surface area contributed by atoms with E-state index in [1.165, 1.54) is 50.1 Å². The Bertz CT molecular complexity index is 518. The smallest absolute Gasteiger partial charge is 0.325 e. The van der Waals surface area contributed by atoms with Gasteiger partial charge in [0, 0.05) is 17.4 Å². The lowest BCUT2D eigenvalue weighted by Gasteiger charge is -2.23. The number of carbonyl (C=O) groups excluding carboxylic acids is 2. The largest absolute Gasteiger partial charge is 0.480 e. The normalized spacial score (nSPS) is 21.6. The molecule has 6 heteroatoms. The van der Waals surface area contributed by atoms with Gasteiger partial charge in [0.05, 0.1) is 10.6 Å². The molecule has 0 bridgehead atoms. The highest BCUT2D eigenvalue weighted by Crippen LogP contribution is 2.34. The Hall–Kier alpha value is -1.56. The van der Waals surface area contributed by atoms with Gasteiger partial charge < -0.3 is 10.4 Å². The third kappa shape index (κ3) is 4.20. The van der Waals surface area contributed by atoms with Crippen molar-refractivity contribution in [1.29, 1.82) is 0 Å². The van der Waals surface area contributed by atoms with Crippen molar-refractivity contribution in [2.45, 2.75) is 50.3 Å². The number of ketones is 2. The summed E-state index contributed by atoms with van der Waals surface area (Å²) in [6.07, 6.45) is 8.29. The van der Waals surface area contributed by atoms with Crippen LogP contribution in [0.5, 0.6) is 0 Å². The molecule has 114 valence electrons. The molecule has 2 aliphatic carbocycles. The van der Waals surface area contributed by atoms with E-state index in [-0.39, 0.29) is 17.3 Å². The molecule has 0 aliphatic heterocycles. The minimum Gasteiger partial charge on any atom is -0.480 e. The molecule has 2 N–H and O–H groups in total. The van der Waals surface area contributed by atoms with E-state index in [9.17, 15) is 14.4 Å². The van der Waals surface area contributed by atoms with Gasteiger partial charge in [-0.05, 0) is 19.8 Å². The van der Waals surface area contributed by atoms with Crippen LogP contribution in [0.3, 0.4) is 0 Å². The minimum absolute atomic E-state index is 0.0582. The first-order valence-corrected chi connectivity index (χ1v) is 8.03. The third-order valence-electron chi connectivity index (χ3n) is 3.63. The summed E-state index contributed by atoms with van der Waals surface area (Å²) in [5.74, 6) is -1.62. The van der Waals surface area contributed by atoms with E-state index < -0.39 is 12.0 Å². The van der Waals surface area contributed by atoms with Crippen LogP contribution in [0.15, 0.2) is 22.8 Å². The Kier molecular flexibility index (Phi) is 5.22. The molecule has 0 heterocycles. The number of rotatable bonds is 5. The van der Waals surface area contributed by atoms with Crippen molar-refractivity contribution in [1.82, 2.24) is 5.32 Å². The van der Waals surface area contributed by atoms with E-state index >= 15 is 0 Å². The van der Waals surface area contributed by atoms with Crippen molar-refractivity contribution < 1.29 is 19.5 Å².